The molecule has 2 nitrogen and oxygen atoms in total. The number of carbonyl (C=O) groups excluding carboxylic acids is 1. The molecule has 0 radical (unpaired) electrons. The van der Waals surface area contributed by atoms with Gasteiger partial charge in [0.25, 0.3) is 0 Å². The molecule has 29 heavy (non-hydrogen) atoms. The molecule has 5 rings (SSSR count). The van der Waals surface area contributed by atoms with E-state index in [1.165, 1.54) is 26.9 Å². The van der Waals surface area contributed by atoms with Crippen molar-refractivity contribution in [1.29, 1.82) is 0 Å². The Hall–Kier alpha value is -3.59. The number of hydrogen-bond donors (Lipinski definition) is 0. The van der Waals surface area contributed by atoms with E-state index in [1.807, 2.05) is 37.2 Å². The molecule has 0 spiro atoms. The molecule has 138 valence electrons. The normalized spacial score (nSPS) is 12.0. The highest BCUT2D eigenvalue weighted by molar-refractivity contribution is 6.28. The molecule has 0 aliphatic rings. The van der Waals surface area contributed by atoms with Gasteiger partial charge in [-0.05, 0) is 32.3 Å². The number of allylic oxidation sites excluding steroid dienone is 1. The minimum Gasteiger partial charge on any atom is -0.564 e. The summed E-state index contributed by atoms with van der Waals surface area (Å²) in [4.78, 5) is 12.8. The number of hydrogen-bond acceptors (Lipinski definition) is 2. The average Bonchev–Trinajstić information content (AvgIpc) is 2.77. The van der Waals surface area contributed by atoms with Gasteiger partial charge in [0.05, 0.1) is 0 Å². The third-order valence-corrected chi connectivity index (χ3v) is 5.41. The highest BCUT2D eigenvalue weighted by Gasteiger charge is 2.15. The second kappa shape index (κ2) is 7.10. The van der Waals surface area contributed by atoms with Gasteiger partial charge in [0, 0.05) is 17.2 Å². The van der Waals surface area contributed by atoms with Crippen LogP contribution in [0.3, 0.4) is 0 Å². The van der Waals surface area contributed by atoms with Crippen molar-refractivity contribution in [3.8, 4) is 0 Å². The highest BCUT2D eigenvalue weighted by Crippen LogP contribution is 2.38. The largest absolute Gasteiger partial charge is 0.564 e. The summed E-state index contributed by atoms with van der Waals surface area (Å²) in [5, 5.41) is 7.22. The van der Waals surface area contributed by atoms with Crippen LogP contribution in [0, 0.1) is 0 Å². The van der Waals surface area contributed by atoms with Crippen molar-refractivity contribution < 1.29 is 9.45 Å². The molecular formula is C26H19BO2. The standard InChI is InChI=1S/C26H19BO2/c1-27-29-24(16-23(28)17-6-3-2-4-7-17)21-14-12-20-11-10-18-8-5-9-19-13-15-22(21)26(20)25(18)19/h2-16,27H,1H3/b24-16-. The average molecular weight is 374 g/mol. The molecule has 5 aromatic rings. The lowest BCUT2D eigenvalue weighted by atomic mass is 9.91. The summed E-state index contributed by atoms with van der Waals surface area (Å²) in [6, 6.07) is 28.5. The smallest absolute Gasteiger partial charge is 0.336 e. The third kappa shape index (κ3) is 2.96. The third-order valence-electron chi connectivity index (χ3n) is 5.41. The quantitative estimate of drug-likeness (QED) is 0.120. The lowest BCUT2D eigenvalue weighted by molar-refractivity contribution is 0.104. The van der Waals surface area contributed by atoms with Gasteiger partial charge >= 0.3 is 7.48 Å². The summed E-state index contributed by atoms with van der Waals surface area (Å²) in [7, 11) is 0.496. The van der Waals surface area contributed by atoms with Crippen molar-refractivity contribution in [2.24, 2.45) is 0 Å². The van der Waals surface area contributed by atoms with E-state index < -0.39 is 0 Å². The highest BCUT2D eigenvalue weighted by atomic mass is 16.4. The number of carbonyl (C=O) groups is 1. The van der Waals surface area contributed by atoms with E-state index in [-0.39, 0.29) is 5.78 Å². The fourth-order valence-corrected chi connectivity index (χ4v) is 4.11. The molecule has 0 N–H and O–H groups in total. The summed E-state index contributed by atoms with van der Waals surface area (Å²) in [6.07, 6.45) is 1.62. The van der Waals surface area contributed by atoms with Gasteiger partial charge in [-0.2, -0.15) is 0 Å². The molecule has 0 aromatic heterocycles. The Balaban J connectivity index is 1.75. The lowest BCUT2D eigenvalue weighted by Crippen LogP contribution is -2.01. The first kappa shape index (κ1) is 17.5. The van der Waals surface area contributed by atoms with Gasteiger partial charge < -0.3 is 4.65 Å². The van der Waals surface area contributed by atoms with Crippen molar-refractivity contribution in [2.75, 3.05) is 0 Å². The number of ketones is 1. The maximum absolute atomic E-state index is 12.8. The molecule has 3 heteroatoms. The van der Waals surface area contributed by atoms with E-state index >= 15 is 0 Å². The fraction of sp³-hybridized carbons (Fsp3) is 0.0385. The first-order valence-corrected chi connectivity index (χ1v) is 9.87. The molecule has 0 bridgehead atoms. The van der Waals surface area contributed by atoms with Crippen LogP contribution in [0.25, 0.3) is 38.1 Å². The van der Waals surface area contributed by atoms with Gasteiger partial charge in [-0.3, -0.25) is 4.79 Å². The molecular weight excluding hydrogens is 355 g/mol. The van der Waals surface area contributed by atoms with Crippen LogP contribution in [0.5, 0.6) is 0 Å². The van der Waals surface area contributed by atoms with Crippen molar-refractivity contribution >= 4 is 51.3 Å². The number of rotatable bonds is 5. The van der Waals surface area contributed by atoms with Gasteiger partial charge in [0.2, 0.25) is 0 Å². The molecule has 0 aliphatic carbocycles. The van der Waals surface area contributed by atoms with Crippen LogP contribution in [-0.2, 0) is 4.65 Å². The molecule has 0 aliphatic heterocycles. The zero-order valence-corrected chi connectivity index (χ0v) is 16.2. The maximum atomic E-state index is 12.8. The maximum Gasteiger partial charge on any atom is 0.336 e. The topological polar surface area (TPSA) is 26.3 Å². The minimum atomic E-state index is -0.0558. The van der Waals surface area contributed by atoms with Gasteiger partial charge in [-0.1, -0.05) is 91.8 Å². The second-order valence-electron chi connectivity index (χ2n) is 7.14. The Bertz CT molecular complexity index is 1350. The Labute approximate surface area is 170 Å². The van der Waals surface area contributed by atoms with Crippen molar-refractivity contribution in [3.05, 3.63) is 102 Å². The van der Waals surface area contributed by atoms with Crippen LogP contribution < -0.4 is 0 Å². The zero-order chi connectivity index (χ0) is 19.8. The molecule has 0 saturated heterocycles. The molecule has 5 aromatic carbocycles. The molecule has 0 heterocycles. The van der Waals surface area contributed by atoms with Crippen molar-refractivity contribution in [3.63, 3.8) is 0 Å². The molecule has 0 saturated carbocycles. The van der Waals surface area contributed by atoms with E-state index in [0.29, 0.717) is 18.8 Å². The number of benzene rings is 5. The molecule has 0 fully saturated rings. The Morgan fingerprint density at radius 1 is 0.759 bits per heavy atom. The summed E-state index contributed by atoms with van der Waals surface area (Å²) < 4.78 is 5.95. The van der Waals surface area contributed by atoms with Crippen LogP contribution in [0.2, 0.25) is 6.82 Å². The van der Waals surface area contributed by atoms with Gasteiger partial charge in [0.15, 0.2) is 5.78 Å². The van der Waals surface area contributed by atoms with Crippen LogP contribution in [-0.4, -0.2) is 13.3 Å². The fourth-order valence-electron chi connectivity index (χ4n) is 4.11. The van der Waals surface area contributed by atoms with Crippen LogP contribution in [0.15, 0.2) is 91.0 Å². The summed E-state index contributed by atoms with van der Waals surface area (Å²) >= 11 is 0. The minimum absolute atomic E-state index is 0.0558. The van der Waals surface area contributed by atoms with Crippen molar-refractivity contribution in [1.82, 2.24) is 0 Å². The van der Waals surface area contributed by atoms with Crippen molar-refractivity contribution in [2.45, 2.75) is 6.82 Å². The summed E-state index contributed by atoms with van der Waals surface area (Å²) in [5.41, 5.74) is 1.60. The van der Waals surface area contributed by atoms with E-state index in [1.54, 1.807) is 6.08 Å². The molecule has 0 atom stereocenters. The van der Waals surface area contributed by atoms with E-state index in [9.17, 15) is 4.79 Å². The predicted molar refractivity (Wildman–Crippen MR) is 123 cm³/mol. The Morgan fingerprint density at radius 2 is 1.41 bits per heavy atom. The van der Waals surface area contributed by atoms with Crippen LogP contribution in [0.1, 0.15) is 15.9 Å². The zero-order valence-electron chi connectivity index (χ0n) is 16.2. The lowest BCUT2D eigenvalue weighted by Gasteiger charge is -2.16. The van der Waals surface area contributed by atoms with E-state index in [2.05, 4.69) is 54.6 Å². The Morgan fingerprint density at radius 3 is 2.14 bits per heavy atom. The van der Waals surface area contributed by atoms with Gasteiger partial charge in [-0.15, -0.1) is 0 Å². The molecule has 0 amide bonds. The first-order chi connectivity index (χ1) is 14.3. The summed E-state index contributed by atoms with van der Waals surface area (Å²) in [6.45, 7) is 1.94. The van der Waals surface area contributed by atoms with Crippen LogP contribution in [0.4, 0.5) is 0 Å². The van der Waals surface area contributed by atoms with E-state index in [4.69, 9.17) is 4.65 Å². The monoisotopic (exact) mass is 374 g/mol. The SMILES string of the molecule is CBO/C(=C\C(=O)c1ccccc1)c1ccc2ccc3cccc4ccc1c2c34. The Kier molecular flexibility index (Phi) is 4.29. The van der Waals surface area contributed by atoms with Gasteiger partial charge in [-0.25, -0.2) is 0 Å². The second-order valence-corrected chi connectivity index (χ2v) is 7.14. The predicted octanol–water partition coefficient (Wildman–Crippen LogP) is 6.22. The van der Waals surface area contributed by atoms with E-state index in [0.717, 1.165) is 10.9 Å². The molecule has 0 unspecified atom stereocenters. The first-order valence-electron chi connectivity index (χ1n) is 9.87. The van der Waals surface area contributed by atoms with Crippen LogP contribution >= 0.6 is 0 Å². The summed E-state index contributed by atoms with van der Waals surface area (Å²) in [5.74, 6) is 0.555. The van der Waals surface area contributed by atoms with Gasteiger partial charge in [0.1, 0.15) is 5.76 Å².